The van der Waals surface area contributed by atoms with Crippen LogP contribution in [0.4, 0.5) is 5.13 Å². The molecule has 0 aliphatic carbocycles. The van der Waals surface area contributed by atoms with E-state index >= 15 is 0 Å². The van der Waals surface area contributed by atoms with Gasteiger partial charge in [0.2, 0.25) is 0 Å². The number of methoxy groups -OCH3 is 1. The largest absolute Gasteiger partial charge is 0.494 e. The summed E-state index contributed by atoms with van der Waals surface area (Å²) in [7, 11) is 1.56. The first-order valence-electron chi connectivity index (χ1n) is 8.58. The molecule has 0 radical (unpaired) electrons. The quantitative estimate of drug-likeness (QED) is 0.437. The zero-order valence-corrected chi connectivity index (χ0v) is 16.8. The van der Waals surface area contributed by atoms with Crippen LogP contribution in [0.25, 0.3) is 10.2 Å². The van der Waals surface area contributed by atoms with Crippen LogP contribution in [-0.4, -0.2) is 18.0 Å². The Morgan fingerprint density at radius 3 is 2.72 bits per heavy atom. The number of fused-ring (bicyclic) bond motifs is 1. The summed E-state index contributed by atoms with van der Waals surface area (Å²) in [5.74, 6) is 0.931. The molecule has 6 nitrogen and oxygen atoms in total. The molecule has 2 aromatic heterocycles. The lowest BCUT2D eigenvalue weighted by Gasteiger charge is -2.18. The van der Waals surface area contributed by atoms with E-state index in [-0.39, 0.29) is 12.5 Å². The molecule has 4 aromatic rings. The molecule has 0 aliphatic rings. The maximum atomic E-state index is 13.3. The highest BCUT2D eigenvalue weighted by Gasteiger charge is 2.24. The number of carbonyl (C=O) groups excluding carboxylic acids is 1. The number of thiazole rings is 1. The zero-order valence-electron chi connectivity index (χ0n) is 15.3. The Kier molecular flexibility index (Phi) is 5.21. The van der Waals surface area contributed by atoms with Gasteiger partial charge >= 0.3 is 0 Å². The van der Waals surface area contributed by atoms with Crippen molar-refractivity contribution in [1.29, 1.82) is 5.26 Å². The Morgan fingerprint density at radius 2 is 2.07 bits per heavy atom. The van der Waals surface area contributed by atoms with Gasteiger partial charge in [0.05, 0.1) is 41.3 Å². The molecule has 0 fully saturated rings. The molecule has 29 heavy (non-hydrogen) atoms. The summed E-state index contributed by atoms with van der Waals surface area (Å²) < 4.78 is 11.6. The number of rotatable bonds is 5. The highest BCUT2D eigenvalue weighted by Crippen LogP contribution is 2.39. The third kappa shape index (κ3) is 3.68. The molecule has 2 heterocycles. The van der Waals surface area contributed by atoms with E-state index < -0.39 is 0 Å². The van der Waals surface area contributed by atoms with Gasteiger partial charge in [-0.15, -0.1) is 0 Å². The number of anilines is 1. The van der Waals surface area contributed by atoms with Crippen LogP contribution < -0.4 is 9.64 Å². The molecular weight excluding hydrogens is 410 g/mol. The fraction of sp³-hybridized carbons (Fsp3) is 0.0952. The normalized spacial score (nSPS) is 10.7. The Morgan fingerprint density at radius 1 is 1.28 bits per heavy atom. The molecule has 4 rings (SSSR count). The Balaban J connectivity index is 1.80. The summed E-state index contributed by atoms with van der Waals surface area (Å²) in [5, 5.41) is 10.00. The minimum atomic E-state index is -0.264. The summed E-state index contributed by atoms with van der Waals surface area (Å²) in [5.41, 5.74) is 1.51. The van der Waals surface area contributed by atoms with Gasteiger partial charge in [-0.05, 0) is 48.5 Å². The number of nitrogens with zero attached hydrogens (tertiary/aromatic N) is 3. The van der Waals surface area contributed by atoms with Crippen LogP contribution in [0.3, 0.4) is 0 Å². The summed E-state index contributed by atoms with van der Waals surface area (Å²) >= 11 is 7.64. The van der Waals surface area contributed by atoms with Crippen molar-refractivity contribution in [3.8, 4) is 11.8 Å². The van der Waals surface area contributed by atoms with Crippen molar-refractivity contribution in [3.05, 3.63) is 76.7 Å². The molecule has 0 bridgehead atoms. The second-order valence-electron chi connectivity index (χ2n) is 6.08. The first-order valence-corrected chi connectivity index (χ1v) is 9.77. The van der Waals surface area contributed by atoms with Crippen molar-refractivity contribution in [1.82, 2.24) is 4.98 Å². The maximum Gasteiger partial charge on any atom is 0.260 e. The van der Waals surface area contributed by atoms with Gasteiger partial charge in [0.1, 0.15) is 17.0 Å². The molecule has 0 aliphatic heterocycles. The number of amides is 1. The van der Waals surface area contributed by atoms with Crippen LogP contribution >= 0.6 is 22.9 Å². The average Bonchev–Trinajstić information content (AvgIpc) is 3.42. The van der Waals surface area contributed by atoms with E-state index in [4.69, 9.17) is 26.0 Å². The minimum Gasteiger partial charge on any atom is -0.494 e. The van der Waals surface area contributed by atoms with Gasteiger partial charge in [0.15, 0.2) is 5.13 Å². The van der Waals surface area contributed by atoms with E-state index in [0.29, 0.717) is 38.3 Å². The standard InChI is InChI=1S/C21H14ClN3O3S/c1-27-17-9-8-16(22)19-18(17)24-21(29-19)25(12-15-3-2-10-28-15)20(26)14-6-4-13(11-23)5-7-14/h2-10H,12H2,1H3. The second kappa shape index (κ2) is 7.95. The van der Waals surface area contributed by atoms with E-state index in [0.717, 1.165) is 4.70 Å². The van der Waals surface area contributed by atoms with Crippen LogP contribution in [0, 0.1) is 11.3 Å². The maximum absolute atomic E-state index is 13.3. The number of furan rings is 1. The Hall–Kier alpha value is -3.34. The molecule has 8 heteroatoms. The van der Waals surface area contributed by atoms with Gasteiger partial charge in [-0.2, -0.15) is 5.26 Å². The molecule has 0 atom stereocenters. The molecule has 0 spiro atoms. The van der Waals surface area contributed by atoms with Crippen molar-refractivity contribution in [2.24, 2.45) is 0 Å². The van der Waals surface area contributed by atoms with Gasteiger partial charge < -0.3 is 9.15 Å². The predicted molar refractivity (Wildman–Crippen MR) is 112 cm³/mol. The molecule has 0 unspecified atom stereocenters. The van der Waals surface area contributed by atoms with Gasteiger partial charge in [-0.3, -0.25) is 9.69 Å². The topological polar surface area (TPSA) is 79.4 Å². The van der Waals surface area contributed by atoms with Crippen LogP contribution in [0.5, 0.6) is 5.75 Å². The van der Waals surface area contributed by atoms with Gasteiger partial charge in [0, 0.05) is 5.56 Å². The molecular formula is C21H14ClN3O3S. The molecule has 0 saturated heterocycles. The first kappa shape index (κ1) is 19.0. The first-order chi connectivity index (χ1) is 14.1. The zero-order chi connectivity index (χ0) is 20.4. The summed E-state index contributed by atoms with van der Waals surface area (Å²) in [6, 6.07) is 15.5. The van der Waals surface area contributed by atoms with Gasteiger partial charge in [-0.25, -0.2) is 4.98 Å². The molecule has 0 N–H and O–H groups in total. The second-order valence-corrected chi connectivity index (χ2v) is 7.47. The number of hydrogen-bond acceptors (Lipinski definition) is 6. The van der Waals surface area contributed by atoms with Crippen LogP contribution in [-0.2, 0) is 6.54 Å². The number of halogens is 1. The van der Waals surface area contributed by atoms with Crippen molar-refractivity contribution in [2.75, 3.05) is 12.0 Å². The molecule has 2 aromatic carbocycles. The number of nitriles is 1. The molecule has 0 saturated carbocycles. The lowest BCUT2D eigenvalue weighted by Crippen LogP contribution is -2.30. The van der Waals surface area contributed by atoms with E-state index in [9.17, 15) is 4.79 Å². The lowest BCUT2D eigenvalue weighted by atomic mass is 10.1. The fourth-order valence-electron chi connectivity index (χ4n) is 2.85. The summed E-state index contributed by atoms with van der Waals surface area (Å²) in [6.07, 6.45) is 1.55. The molecule has 1 amide bonds. The van der Waals surface area contributed by atoms with E-state index in [1.165, 1.54) is 16.2 Å². The van der Waals surface area contributed by atoms with Gasteiger partial charge in [-0.1, -0.05) is 22.9 Å². The number of carbonyl (C=O) groups is 1. The number of aromatic nitrogens is 1. The third-order valence-corrected chi connectivity index (χ3v) is 5.84. The predicted octanol–water partition coefficient (Wildman–Crippen LogP) is 5.27. The van der Waals surface area contributed by atoms with Crippen molar-refractivity contribution >= 4 is 44.2 Å². The van der Waals surface area contributed by atoms with Crippen molar-refractivity contribution < 1.29 is 13.9 Å². The lowest BCUT2D eigenvalue weighted by molar-refractivity contribution is 0.0983. The summed E-state index contributed by atoms with van der Waals surface area (Å²) in [4.78, 5) is 19.4. The number of hydrogen-bond donors (Lipinski definition) is 0. The monoisotopic (exact) mass is 423 g/mol. The van der Waals surface area contributed by atoms with Crippen molar-refractivity contribution in [2.45, 2.75) is 6.54 Å². The highest BCUT2D eigenvalue weighted by molar-refractivity contribution is 7.23. The summed E-state index contributed by atoms with van der Waals surface area (Å²) in [6.45, 7) is 0.200. The highest BCUT2D eigenvalue weighted by atomic mass is 35.5. The fourth-order valence-corrected chi connectivity index (χ4v) is 4.10. The van der Waals surface area contributed by atoms with E-state index in [2.05, 4.69) is 4.98 Å². The SMILES string of the molecule is COc1ccc(Cl)c2sc(N(Cc3ccco3)C(=O)c3ccc(C#N)cc3)nc12. The molecule has 144 valence electrons. The van der Waals surface area contributed by atoms with Crippen molar-refractivity contribution in [3.63, 3.8) is 0 Å². The third-order valence-electron chi connectivity index (χ3n) is 4.30. The number of ether oxygens (including phenoxy) is 1. The van der Waals surface area contributed by atoms with E-state index in [1.807, 2.05) is 6.07 Å². The van der Waals surface area contributed by atoms with Crippen LogP contribution in [0.2, 0.25) is 5.02 Å². The van der Waals surface area contributed by atoms with Crippen LogP contribution in [0.1, 0.15) is 21.7 Å². The smallest absolute Gasteiger partial charge is 0.260 e. The Bertz CT molecular complexity index is 1210. The minimum absolute atomic E-state index is 0.200. The van der Waals surface area contributed by atoms with E-state index in [1.54, 1.807) is 61.9 Å². The van der Waals surface area contributed by atoms with Gasteiger partial charge in [0.25, 0.3) is 5.91 Å². The number of benzene rings is 2. The average molecular weight is 424 g/mol. The Labute approximate surface area is 175 Å². The van der Waals surface area contributed by atoms with Crippen LogP contribution in [0.15, 0.2) is 59.2 Å².